The number of benzene rings is 1. The van der Waals surface area contributed by atoms with Crippen molar-refractivity contribution in [2.45, 2.75) is 27.3 Å². The molecule has 2 N–H and O–H groups in total. The summed E-state index contributed by atoms with van der Waals surface area (Å²) in [5.41, 5.74) is 10.8. The highest BCUT2D eigenvalue weighted by Gasteiger charge is 2.11. The Bertz CT molecular complexity index is 611. The van der Waals surface area contributed by atoms with Gasteiger partial charge in [-0.25, -0.2) is 0 Å². The lowest BCUT2D eigenvalue weighted by Crippen LogP contribution is -2.23. The van der Waals surface area contributed by atoms with Gasteiger partial charge in [0.2, 0.25) is 0 Å². The summed E-state index contributed by atoms with van der Waals surface area (Å²) in [6, 6.07) is 9.94. The number of hydrogen-bond donors (Lipinski definition) is 1. The van der Waals surface area contributed by atoms with Gasteiger partial charge in [0.05, 0.1) is 22.9 Å². The van der Waals surface area contributed by atoms with E-state index in [1.807, 2.05) is 44.2 Å². The Hall–Kier alpha value is -1.74. The van der Waals surface area contributed by atoms with Crippen molar-refractivity contribution in [3.8, 4) is 0 Å². The van der Waals surface area contributed by atoms with Gasteiger partial charge in [-0.3, -0.25) is 4.98 Å². The highest BCUT2D eigenvalue weighted by Crippen LogP contribution is 2.30. The highest BCUT2D eigenvalue weighted by atomic mass is 35.5. The van der Waals surface area contributed by atoms with Crippen LogP contribution in [0.4, 0.5) is 11.4 Å². The topological polar surface area (TPSA) is 42.2 Å². The number of anilines is 2. The summed E-state index contributed by atoms with van der Waals surface area (Å²) in [6.45, 7) is 7.83. The molecule has 0 bridgehead atoms. The van der Waals surface area contributed by atoms with Crippen LogP contribution in [0.15, 0.2) is 30.3 Å². The minimum atomic E-state index is 0.598. The van der Waals surface area contributed by atoms with Crippen molar-refractivity contribution in [1.29, 1.82) is 0 Å². The quantitative estimate of drug-likeness (QED) is 0.866. The van der Waals surface area contributed by atoms with Crippen LogP contribution in [0.5, 0.6) is 0 Å². The summed E-state index contributed by atoms with van der Waals surface area (Å²) in [4.78, 5) is 6.81. The number of rotatable bonds is 4. The van der Waals surface area contributed by atoms with Crippen molar-refractivity contribution < 1.29 is 0 Å². The normalized spacial score (nSPS) is 10.6. The largest absolute Gasteiger partial charge is 0.398 e. The second-order valence-electron chi connectivity index (χ2n) is 4.94. The van der Waals surface area contributed by atoms with Gasteiger partial charge in [-0.1, -0.05) is 17.7 Å². The standard InChI is InChI=1S/C16H20ClN3/c1-4-20(10-13-7-5-6-12(3)19-13)16-9-14(17)15(18)8-11(16)2/h5-9H,4,10,18H2,1-3H3. The van der Waals surface area contributed by atoms with E-state index in [0.29, 0.717) is 10.7 Å². The number of aromatic nitrogens is 1. The smallest absolute Gasteiger partial charge is 0.0656 e. The van der Waals surface area contributed by atoms with Gasteiger partial charge < -0.3 is 10.6 Å². The van der Waals surface area contributed by atoms with Crippen molar-refractivity contribution in [2.75, 3.05) is 17.2 Å². The van der Waals surface area contributed by atoms with E-state index < -0.39 is 0 Å². The summed E-state index contributed by atoms with van der Waals surface area (Å²) in [5.74, 6) is 0. The summed E-state index contributed by atoms with van der Waals surface area (Å²) < 4.78 is 0. The van der Waals surface area contributed by atoms with Crippen LogP contribution in [0.1, 0.15) is 23.9 Å². The van der Waals surface area contributed by atoms with Crippen molar-refractivity contribution in [3.63, 3.8) is 0 Å². The Morgan fingerprint density at radius 3 is 2.65 bits per heavy atom. The van der Waals surface area contributed by atoms with Gasteiger partial charge in [-0.2, -0.15) is 0 Å². The SMILES string of the molecule is CCN(Cc1cccc(C)n1)c1cc(Cl)c(N)cc1C. The maximum absolute atomic E-state index is 6.15. The van der Waals surface area contributed by atoms with Crippen molar-refractivity contribution in [1.82, 2.24) is 4.98 Å². The van der Waals surface area contributed by atoms with Crippen molar-refractivity contribution in [3.05, 3.63) is 52.3 Å². The second-order valence-corrected chi connectivity index (χ2v) is 5.35. The van der Waals surface area contributed by atoms with Crippen LogP contribution >= 0.6 is 11.6 Å². The van der Waals surface area contributed by atoms with E-state index in [1.165, 1.54) is 0 Å². The zero-order valence-corrected chi connectivity index (χ0v) is 12.9. The molecule has 0 unspecified atom stereocenters. The number of hydrogen-bond acceptors (Lipinski definition) is 3. The fourth-order valence-electron chi connectivity index (χ4n) is 2.28. The number of aryl methyl sites for hydroxylation is 2. The van der Waals surface area contributed by atoms with Gasteiger partial charge in [-0.15, -0.1) is 0 Å². The molecule has 0 aliphatic heterocycles. The summed E-state index contributed by atoms with van der Waals surface area (Å²) >= 11 is 6.15. The van der Waals surface area contributed by atoms with Crippen molar-refractivity contribution >= 4 is 23.0 Å². The molecule has 1 aromatic heterocycles. The van der Waals surface area contributed by atoms with Crippen LogP contribution in [0.2, 0.25) is 5.02 Å². The van der Waals surface area contributed by atoms with E-state index in [0.717, 1.165) is 35.7 Å². The molecule has 0 amide bonds. The van der Waals surface area contributed by atoms with E-state index in [-0.39, 0.29) is 0 Å². The molecule has 0 saturated carbocycles. The van der Waals surface area contributed by atoms with Gasteiger partial charge in [0.1, 0.15) is 0 Å². The Morgan fingerprint density at radius 1 is 1.25 bits per heavy atom. The van der Waals surface area contributed by atoms with Crippen LogP contribution in [0.3, 0.4) is 0 Å². The average Bonchev–Trinajstić information content (AvgIpc) is 2.40. The van der Waals surface area contributed by atoms with E-state index in [9.17, 15) is 0 Å². The number of nitrogen functional groups attached to an aromatic ring is 1. The zero-order chi connectivity index (χ0) is 14.7. The van der Waals surface area contributed by atoms with Crippen LogP contribution in [-0.2, 0) is 6.54 Å². The van der Waals surface area contributed by atoms with Crippen LogP contribution < -0.4 is 10.6 Å². The third-order valence-corrected chi connectivity index (χ3v) is 3.66. The Morgan fingerprint density at radius 2 is 2.00 bits per heavy atom. The zero-order valence-electron chi connectivity index (χ0n) is 12.2. The van der Waals surface area contributed by atoms with Crippen LogP contribution in [0.25, 0.3) is 0 Å². The lowest BCUT2D eigenvalue weighted by molar-refractivity contribution is 0.802. The molecular formula is C16H20ClN3. The highest BCUT2D eigenvalue weighted by molar-refractivity contribution is 6.33. The molecule has 0 fully saturated rings. The summed E-state index contributed by atoms with van der Waals surface area (Å²) in [7, 11) is 0. The third-order valence-electron chi connectivity index (χ3n) is 3.34. The molecule has 1 aromatic carbocycles. The molecule has 106 valence electrons. The molecule has 4 heteroatoms. The maximum atomic E-state index is 6.15. The van der Waals surface area contributed by atoms with Gasteiger partial charge in [0, 0.05) is 17.9 Å². The van der Waals surface area contributed by atoms with Crippen LogP contribution in [-0.4, -0.2) is 11.5 Å². The second kappa shape index (κ2) is 6.14. The molecule has 0 aliphatic carbocycles. The minimum absolute atomic E-state index is 0.598. The Kier molecular flexibility index (Phi) is 4.50. The van der Waals surface area contributed by atoms with Gasteiger partial charge >= 0.3 is 0 Å². The lowest BCUT2D eigenvalue weighted by Gasteiger charge is -2.25. The first kappa shape index (κ1) is 14.7. The first-order chi connectivity index (χ1) is 9.51. The number of halogens is 1. The number of pyridine rings is 1. The molecule has 0 saturated heterocycles. The third kappa shape index (κ3) is 3.23. The molecule has 0 atom stereocenters. The molecule has 20 heavy (non-hydrogen) atoms. The van der Waals surface area contributed by atoms with E-state index in [2.05, 4.69) is 16.8 Å². The van der Waals surface area contributed by atoms with E-state index in [4.69, 9.17) is 17.3 Å². The minimum Gasteiger partial charge on any atom is -0.398 e. The summed E-state index contributed by atoms with van der Waals surface area (Å²) in [6.07, 6.45) is 0. The lowest BCUT2D eigenvalue weighted by atomic mass is 10.1. The van der Waals surface area contributed by atoms with E-state index in [1.54, 1.807) is 0 Å². The first-order valence-electron chi connectivity index (χ1n) is 6.74. The van der Waals surface area contributed by atoms with Gasteiger partial charge in [0.15, 0.2) is 0 Å². The Balaban J connectivity index is 2.31. The average molecular weight is 290 g/mol. The fraction of sp³-hybridized carbons (Fsp3) is 0.312. The van der Waals surface area contributed by atoms with E-state index >= 15 is 0 Å². The maximum Gasteiger partial charge on any atom is 0.0656 e. The monoisotopic (exact) mass is 289 g/mol. The molecular weight excluding hydrogens is 270 g/mol. The molecule has 3 nitrogen and oxygen atoms in total. The Labute approximate surface area is 125 Å². The van der Waals surface area contributed by atoms with Crippen LogP contribution in [0, 0.1) is 13.8 Å². The van der Waals surface area contributed by atoms with Gasteiger partial charge in [-0.05, 0) is 50.6 Å². The number of nitrogens with zero attached hydrogens (tertiary/aromatic N) is 2. The molecule has 1 heterocycles. The molecule has 0 aliphatic rings. The molecule has 2 rings (SSSR count). The fourth-order valence-corrected chi connectivity index (χ4v) is 2.44. The predicted octanol–water partition coefficient (Wildman–Crippen LogP) is 3.96. The van der Waals surface area contributed by atoms with Crippen molar-refractivity contribution in [2.24, 2.45) is 0 Å². The predicted molar refractivity (Wildman–Crippen MR) is 86.3 cm³/mol. The summed E-state index contributed by atoms with van der Waals surface area (Å²) in [5, 5.41) is 0.598. The molecule has 0 spiro atoms. The molecule has 2 aromatic rings. The first-order valence-corrected chi connectivity index (χ1v) is 7.12. The number of nitrogens with two attached hydrogens (primary N) is 1. The van der Waals surface area contributed by atoms with Gasteiger partial charge in [0.25, 0.3) is 0 Å². The molecule has 0 radical (unpaired) electrons.